The highest BCUT2D eigenvalue weighted by Crippen LogP contribution is 2.58. The topological polar surface area (TPSA) is 69.4 Å². The number of sulfonamides is 1. The lowest BCUT2D eigenvalue weighted by molar-refractivity contribution is -0.0667. The third-order valence-corrected chi connectivity index (χ3v) is 6.33. The molecule has 2 N–H and O–H groups in total. The highest BCUT2D eigenvalue weighted by molar-refractivity contribution is 7.89. The predicted molar refractivity (Wildman–Crippen MR) is 98.3 cm³/mol. The van der Waals surface area contributed by atoms with Crippen LogP contribution in [-0.2, 0) is 14.8 Å². The third-order valence-electron chi connectivity index (χ3n) is 5.40. The summed E-state index contributed by atoms with van der Waals surface area (Å²) in [4.78, 5) is -0.0431. The first-order valence-electron chi connectivity index (χ1n) is 8.66. The van der Waals surface area contributed by atoms with E-state index < -0.39 is 33.4 Å². The number of benzene rings is 1. The molecule has 3 aliphatic carbocycles. The Bertz CT molecular complexity index is 1070. The van der Waals surface area contributed by atoms with Crippen molar-refractivity contribution in [2.45, 2.75) is 23.6 Å². The summed E-state index contributed by atoms with van der Waals surface area (Å²) in [6, 6.07) is 5.86. The molecule has 0 radical (unpaired) electrons. The van der Waals surface area contributed by atoms with Crippen molar-refractivity contribution in [2.75, 3.05) is 7.11 Å². The molecule has 8 heteroatoms. The van der Waals surface area contributed by atoms with E-state index in [-0.39, 0.29) is 10.3 Å². The van der Waals surface area contributed by atoms with E-state index >= 15 is 0 Å². The number of hydrogen-bond acceptors (Lipinski definition) is 3. The van der Waals surface area contributed by atoms with Crippen molar-refractivity contribution in [3.63, 3.8) is 0 Å². The molecule has 0 saturated heterocycles. The monoisotopic (exact) mass is 409 g/mol. The van der Waals surface area contributed by atoms with E-state index in [2.05, 4.69) is 4.74 Å². The van der Waals surface area contributed by atoms with Crippen molar-refractivity contribution < 1.29 is 26.3 Å². The van der Waals surface area contributed by atoms with Gasteiger partial charge in [-0.15, -0.1) is 0 Å². The van der Waals surface area contributed by atoms with Gasteiger partial charge in [0.2, 0.25) is 10.0 Å². The van der Waals surface area contributed by atoms with Gasteiger partial charge in [-0.25, -0.2) is 22.3 Å². The number of hydrogen-bond donors (Lipinski definition) is 1. The number of ether oxygens (including phenoxy) is 1. The predicted octanol–water partition coefficient (Wildman–Crippen LogP) is 4.09. The standard InChI is InChI=1S/C20H18F3NO3S/c1-27-20(23)11-17(21)14(8-18(20)22)16-10-19(6-7-19)9-15(16)12-2-4-13(5-3-12)28(24,25)26/h2-5,8-11,14H,6-7H2,1H3,(H2,24,25,26). The molecule has 0 aromatic heterocycles. The molecule has 1 aromatic rings. The first-order valence-corrected chi connectivity index (χ1v) is 10.2. The molecule has 0 heterocycles. The average Bonchev–Trinajstić information content (AvgIpc) is 3.29. The fourth-order valence-electron chi connectivity index (χ4n) is 3.63. The average molecular weight is 409 g/mol. The number of alkyl halides is 1. The number of methoxy groups -OCH3 is 1. The van der Waals surface area contributed by atoms with E-state index in [9.17, 15) is 21.6 Å². The van der Waals surface area contributed by atoms with Crippen LogP contribution in [0, 0.1) is 11.3 Å². The van der Waals surface area contributed by atoms with Gasteiger partial charge in [0.15, 0.2) is 5.83 Å². The van der Waals surface area contributed by atoms with E-state index in [0.29, 0.717) is 22.8 Å². The van der Waals surface area contributed by atoms with Crippen molar-refractivity contribution in [1.29, 1.82) is 0 Å². The Hall–Kier alpha value is -2.16. The number of nitrogens with two attached hydrogens (primary N) is 1. The Morgan fingerprint density at radius 2 is 1.75 bits per heavy atom. The summed E-state index contributed by atoms with van der Waals surface area (Å²) >= 11 is 0. The maximum Gasteiger partial charge on any atom is 0.283 e. The van der Waals surface area contributed by atoms with Gasteiger partial charge in [0.25, 0.3) is 5.85 Å². The molecule has 4 rings (SSSR count). The molecular weight excluding hydrogens is 391 g/mol. The van der Waals surface area contributed by atoms with Gasteiger partial charge in [0.1, 0.15) is 5.83 Å². The molecule has 1 spiro atoms. The van der Waals surface area contributed by atoms with E-state index in [1.165, 1.54) is 12.1 Å². The van der Waals surface area contributed by atoms with Crippen molar-refractivity contribution in [3.8, 4) is 0 Å². The van der Waals surface area contributed by atoms with E-state index in [1.54, 1.807) is 12.1 Å². The summed E-state index contributed by atoms with van der Waals surface area (Å²) in [7, 11) is -2.88. The Morgan fingerprint density at radius 1 is 1.11 bits per heavy atom. The van der Waals surface area contributed by atoms with Crippen LogP contribution < -0.4 is 5.14 Å². The molecule has 4 nitrogen and oxygen atoms in total. The third kappa shape index (κ3) is 3.15. The van der Waals surface area contributed by atoms with Crippen molar-refractivity contribution in [2.24, 2.45) is 16.5 Å². The maximum atomic E-state index is 14.7. The van der Waals surface area contributed by atoms with Gasteiger partial charge in [-0.2, -0.15) is 4.39 Å². The zero-order valence-corrected chi connectivity index (χ0v) is 15.8. The molecule has 28 heavy (non-hydrogen) atoms. The molecule has 0 amide bonds. The second-order valence-electron chi connectivity index (χ2n) is 7.33. The van der Waals surface area contributed by atoms with E-state index in [4.69, 9.17) is 5.14 Å². The maximum absolute atomic E-state index is 14.7. The van der Waals surface area contributed by atoms with Gasteiger partial charge in [0, 0.05) is 18.6 Å². The second-order valence-corrected chi connectivity index (χ2v) is 8.89. The summed E-state index contributed by atoms with van der Waals surface area (Å²) in [5, 5.41) is 5.12. The van der Waals surface area contributed by atoms with Gasteiger partial charge in [-0.3, -0.25) is 0 Å². The van der Waals surface area contributed by atoms with Crippen LogP contribution in [0.5, 0.6) is 0 Å². The molecule has 2 unspecified atom stereocenters. The number of rotatable bonds is 4. The van der Waals surface area contributed by atoms with Gasteiger partial charge < -0.3 is 4.74 Å². The fraction of sp³-hybridized carbons (Fsp3) is 0.300. The molecule has 3 aliphatic rings. The van der Waals surface area contributed by atoms with E-state index in [1.807, 2.05) is 12.2 Å². The van der Waals surface area contributed by atoms with Crippen LogP contribution in [0.2, 0.25) is 0 Å². The summed E-state index contributed by atoms with van der Waals surface area (Å²) in [5.74, 6) is -6.04. The smallest absolute Gasteiger partial charge is 0.283 e. The lowest BCUT2D eigenvalue weighted by Crippen LogP contribution is -2.28. The number of allylic oxidation sites excluding steroid dienone is 6. The minimum Gasteiger partial charge on any atom is -0.341 e. The summed E-state index contributed by atoms with van der Waals surface area (Å²) in [6.45, 7) is 0. The zero-order chi connectivity index (χ0) is 20.3. The Balaban J connectivity index is 1.74. The summed E-state index contributed by atoms with van der Waals surface area (Å²) < 4.78 is 70.6. The van der Waals surface area contributed by atoms with Crippen LogP contribution in [0.4, 0.5) is 13.2 Å². The lowest BCUT2D eigenvalue weighted by atomic mass is 9.86. The lowest BCUT2D eigenvalue weighted by Gasteiger charge is -2.26. The fourth-order valence-corrected chi connectivity index (χ4v) is 4.15. The molecule has 148 valence electrons. The molecule has 0 bridgehead atoms. The first kappa shape index (κ1) is 19.2. The largest absolute Gasteiger partial charge is 0.341 e. The highest BCUT2D eigenvalue weighted by atomic mass is 32.2. The molecule has 2 atom stereocenters. The van der Waals surface area contributed by atoms with Crippen LogP contribution in [0.3, 0.4) is 0 Å². The quantitative estimate of drug-likeness (QED) is 0.815. The van der Waals surface area contributed by atoms with Crippen molar-refractivity contribution in [1.82, 2.24) is 0 Å². The Kier molecular flexibility index (Phi) is 4.22. The molecule has 0 aliphatic heterocycles. The van der Waals surface area contributed by atoms with Crippen LogP contribution in [0.1, 0.15) is 18.4 Å². The van der Waals surface area contributed by atoms with Gasteiger partial charge in [-0.05, 0) is 47.8 Å². The van der Waals surface area contributed by atoms with Crippen LogP contribution in [0.25, 0.3) is 5.57 Å². The van der Waals surface area contributed by atoms with Gasteiger partial charge in [0.05, 0.1) is 10.8 Å². The van der Waals surface area contributed by atoms with E-state index in [0.717, 1.165) is 26.0 Å². The van der Waals surface area contributed by atoms with Crippen LogP contribution in [-0.4, -0.2) is 21.4 Å². The van der Waals surface area contributed by atoms with Gasteiger partial charge >= 0.3 is 0 Å². The minimum atomic E-state index is -3.84. The molecular formula is C20H18F3NO3S. The highest BCUT2D eigenvalue weighted by Gasteiger charge is 2.47. The van der Waals surface area contributed by atoms with Crippen molar-refractivity contribution in [3.05, 3.63) is 71.4 Å². The number of halogens is 3. The Morgan fingerprint density at radius 3 is 2.29 bits per heavy atom. The van der Waals surface area contributed by atoms with Crippen LogP contribution >= 0.6 is 0 Å². The summed E-state index contributed by atoms with van der Waals surface area (Å²) in [5.41, 5.74) is 1.62. The molecule has 1 saturated carbocycles. The first-order chi connectivity index (χ1) is 13.1. The van der Waals surface area contributed by atoms with Gasteiger partial charge in [-0.1, -0.05) is 24.3 Å². The Labute approximate surface area is 160 Å². The number of primary sulfonamides is 1. The van der Waals surface area contributed by atoms with Crippen LogP contribution in [0.15, 0.2) is 70.7 Å². The molecule has 1 aromatic carbocycles. The summed E-state index contributed by atoms with van der Waals surface area (Å²) in [6.07, 6.45) is 7.01. The SMILES string of the molecule is COC1(F)C=C(F)C(C2=CC3(C=C2c2ccc(S(N)(=O)=O)cc2)CC3)C=C1F. The van der Waals surface area contributed by atoms with Crippen molar-refractivity contribution >= 4 is 15.6 Å². The minimum absolute atomic E-state index is 0.0431. The normalized spacial score (nSPS) is 28.5. The zero-order valence-electron chi connectivity index (χ0n) is 15.0. The second kappa shape index (κ2) is 6.17. The molecule has 1 fully saturated rings.